The molecule has 2 aromatic carbocycles. The van der Waals surface area contributed by atoms with Crippen LogP contribution in [0.1, 0.15) is 60.6 Å². The van der Waals surface area contributed by atoms with Crippen LogP contribution in [0.3, 0.4) is 0 Å². The van der Waals surface area contributed by atoms with Crippen LogP contribution in [0.4, 0.5) is 0 Å². The number of piperidine rings is 1. The normalized spacial score (nSPS) is 17.1. The van der Waals surface area contributed by atoms with Crippen molar-refractivity contribution in [3.63, 3.8) is 0 Å². The van der Waals surface area contributed by atoms with Crippen LogP contribution in [0, 0.1) is 12.8 Å². The van der Waals surface area contributed by atoms with Gasteiger partial charge >= 0.3 is 0 Å². The molecule has 156 valence electrons. The average Bonchev–Trinajstić information content (AvgIpc) is 2.73. The molecule has 0 radical (unpaired) electrons. The van der Waals surface area contributed by atoms with E-state index in [1.165, 1.54) is 10.4 Å². The minimum Gasteiger partial charge on any atom is -0.345 e. The summed E-state index contributed by atoms with van der Waals surface area (Å²) < 4.78 is 27.7. The Labute approximate surface area is 174 Å². The van der Waals surface area contributed by atoms with Crippen LogP contribution in [-0.2, 0) is 10.0 Å². The maximum absolute atomic E-state index is 13.1. The Balaban J connectivity index is 1.84. The van der Waals surface area contributed by atoms with Gasteiger partial charge in [0.15, 0.2) is 0 Å². The van der Waals surface area contributed by atoms with Crippen LogP contribution in [0.2, 0.25) is 0 Å². The zero-order valence-corrected chi connectivity index (χ0v) is 18.2. The first-order valence-corrected chi connectivity index (χ1v) is 11.7. The van der Waals surface area contributed by atoms with Crippen LogP contribution in [0.15, 0.2) is 53.4 Å². The van der Waals surface area contributed by atoms with E-state index in [1.807, 2.05) is 44.2 Å². The van der Waals surface area contributed by atoms with Gasteiger partial charge in [-0.25, -0.2) is 8.42 Å². The lowest BCUT2D eigenvalue weighted by Crippen LogP contribution is -2.38. The monoisotopic (exact) mass is 414 g/mol. The van der Waals surface area contributed by atoms with E-state index in [-0.39, 0.29) is 16.8 Å². The van der Waals surface area contributed by atoms with Crippen molar-refractivity contribution in [2.24, 2.45) is 5.92 Å². The lowest BCUT2D eigenvalue weighted by molar-refractivity contribution is 0.0934. The summed E-state index contributed by atoms with van der Waals surface area (Å²) in [5.41, 5.74) is 2.20. The van der Waals surface area contributed by atoms with Crippen LogP contribution in [-0.4, -0.2) is 31.7 Å². The van der Waals surface area contributed by atoms with Gasteiger partial charge in [-0.15, -0.1) is 0 Å². The maximum Gasteiger partial charge on any atom is 0.252 e. The van der Waals surface area contributed by atoms with Gasteiger partial charge in [0.2, 0.25) is 10.0 Å². The Morgan fingerprint density at radius 1 is 1.14 bits per heavy atom. The summed E-state index contributed by atoms with van der Waals surface area (Å²) in [6.45, 7) is 7.06. The number of hydrogen-bond donors (Lipinski definition) is 1. The van der Waals surface area contributed by atoms with Crippen molar-refractivity contribution in [3.05, 3.63) is 65.2 Å². The average molecular weight is 415 g/mol. The molecule has 5 nitrogen and oxygen atoms in total. The number of nitrogens with zero attached hydrogens (tertiary/aromatic N) is 1. The fourth-order valence-corrected chi connectivity index (χ4v) is 5.22. The molecule has 1 aliphatic rings. The van der Waals surface area contributed by atoms with Crippen molar-refractivity contribution in [2.45, 2.75) is 51.0 Å². The molecule has 2 aromatic rings. The highest BCUT2D eigenvalue weighted by Crippen LogP contribution is 2.25. The Hall–Kier alpha value is -2.18. The third-order valence-corrected chi connectivity index (χ3v) is 7.64. The molecule has 1 aliphatic heterocycles. The minimum absolute atomic E-state index is 0.119. The van der Waals surface area contributed by atoms with Gasteiger partial charge in [0.1, 0.15) is 0 Å². The van der Waals surface area contributed by atoms with Gasteiger partial charge in [0.05, 0.1) is 10.9 Å². The topological polar surface area (TPSA) is 66.5 Å². The molecule has 0 bridgehead atoms. The van der Waals surface area contributed by atoms with Crippen molar-refractivity contribution < 1.29 is 13.2 Å². The molecule has 0 aliphatic carbocycles. The van der Waals surface area contributed by atoms with Gasteiger partial charge in [-0.05, 0) is 55.4 Å². The summed E-state index contributed by atoms with van der Waals surface area (Å²) in [6, 6.07) is 14.5. The van der Waals surface area contributed by atoms with Crippen LogP contribution < -0.4 is 5.32 Å². The largest absolute Gasteiger partial charge is 0.345 e. The summed E-state index contributed by atoms with van der Waals surface area (Å²) in [7, 11) is -3.59. The van der Waals surface area contributed by atoms with Crippen molar-refractivity contribution >= 4 is 15.9 Å². The maximum atomic E-state index is 13.1. The Kier molecular flexibility index (Phi) is 6.75. The first kappa shape index (κ1) is 21.5. The number of amides is 1. The molecule has 1 heterocycles. The Morgan fingerprint density at radius 3 is 2.41 bits per heavy atom. The molecule has 0 saturated carbocycles. The Bertz CT molecular complexity index is 949. The van der Waals surface area contributed by atoms with Gasteiger partial charge in [-0.1, -0.05) is 50.2 Å². The second-order valence-electron chi connectivity index (χ2n) is 7.91. The number of carbonyl (C=O) groups excluding carboxylic acids is 1. The fourth-order valence-electron chi connectivity index (χ4n) is 3.72. The van der Waals surface area contributed by atoms with Gasteiger partial charge in [0.25, 0.3) is 5.91 Å². The standard InChI is InChI=1S/C23H30N2O3S/c1-4-22(19-8-6-5-7-9-19)24-23(26)21-16-20(11-10-18(21)3)29(27,28)25-14-12-17(2)13-15-25/h5-11,16-17,22H,4,12-15H2,1-3H3,(H,24,26). The number of hydrogen-bond acceptors (Lipinski definition) is 3. The summed E-state index contributed by atoms with van der Waals surface area (Å²) >= 11 is 0. The second kappa shape index (κ2) is 9.09. The number of nitrogens with one attached hydrogen (secondary N) is 1. The highest BCUT2D eigenvalue weighted by atomic mass is 32.2. The number of rotatable bonds is 6. The molecule has 6 heteroatoms. The van der Waals surface area contributed by atoms with Crippen molar-refractivity contribution in [2.75, 3.05) is 13.1 Å². The number of aryl methyl sites for hydroxylation is 1. The van der Waals surface area contributed by atoms with Crippen molar-refractivity contribution in [1.82, 2.24) is 9.62 Å². The third-order valence-electron chi connectivity index (χ3n) is 5.75. The molecule has 1 unspecified atom stereocenters. The summed E-state index contributed by atoms with van der Waals surface area (Å²) in [4.78, 5) is 13.2. The number of sulfonamides is 1. The molecule has 1 atom stereocenters. The third kappa shape index (κ3) is 4.87. The van der Waals surface area contributed by atoms with Crippen molar-refractivity contribution in [3.8, 4) is 0 Å². The quantitative estimate of drug-likeness (QED) is 0.766. The van der Waals surface area contributed by atoms with E-state index in [1.54, 1.807) is 12.1 Å². The molecule has 1 saturated heterocycles. The highest BCUT2D eigenvalue weighted by Gasteiger charge is 2.29. The molecule has 1 fully saturated rings. The molecular formula is C23H30N2O3S. The smallest absolute Gasteiger partial charge is 0.252 e. The predicted molar refractivity (Wildman–Crippen MR) is 115 cm³/mol. The van der Waals surface area contributed by atoms with E-state index < -0.39 is 10.0 Å². The van der Waals surface area contributed by atoms with E-state index >= 15 is 0 Å². The molecule has 0 spiro atoms. The SMILES string of the molecule is CCC(NC(=O)c1cc(S(=O)(=O)N2CCC(C)CC2)ccc1C)c1ccccc1. The first-order chi connectivity index (χ1) is 13.8. The summed E-state index contributed by atoms with van der Waals surface area (Å²) in [6.07, 6.45) is 2.49. The summed E-state index contributed by atoms with van der Waals surface area (Å²) in [5.74, 6) is 0.298. The van der Waals surface area contributed by atoms with Crippen LogP contribution in [0.25, 0.3) is 0 Å². The van der Waals surface area contributed by atoms with Crippen LogP contribution >= 0.6 is 0 Å². The van der Waals surface area contributed by atoms with E-state index in [2.05, 4.69) is 12.2 Å². The lowest BCUT2D eigenvalue weighted by Gasteiger charge is -2.29. The van der Waals surface area contributed by atoms with Crippen molar-refractivity contribution in [1.29, 1.82) is 0 Å². The molecule has 29 heavy (non-hydrogen) atoms. The zero-order valence-electron chi connectivity index (χ0n) is 17.4. The van der Waals surface area contributed by atoms with Crippen LogP contribution in [0.5, 0.6) is 0 Å². The fraction of sp³-hybridized carbons (Fsp3) is 0.435. The summed E-state index contributed by atoms with van der Waals surface area (Å²) in [5, 5.41) is 3.06. The van der Waals surface area contributed by atoms with E-state index in [0.29, 0.717) is 24.6 Å². The number of carbonyl (C=O) groups is 1. The van der Waals surface area contributed by atoms with E-state index in [4.69, 9.17) is 0 Å². The van der Waals surface area contributed by atoms with E-state index in [9.17, 15) is 13.2 Å². The molecule has 0 aromatic heterocycles. The predicted octanol–water partition coefficient (Wildman–Crippen LogP) is 4.30. The molecule has 1 N–H and O–H groups in total. The molecule has 1 amide bonds. The molecular weight excluding hydrogens is 384 g/mol. The second-order valence-corrected chi connectivity index (χ2v) is 9.85. The minimum atomic E-state index is -3.59. The van der Waals surface area contributed by atoms with Gasteiger partial charge in [-0.2, -0.15) is 4.31 Å². The lowest BCUT2D eigenvalue weighted by atomic mass is 10.0. The highest BCUT2D eigenvalue weighted by molar-refractivity contribution is 7.89. The Morgan fingerprint density at radius 2 is 1.79 bits per heavy atom. The molecule has 3 rings (SSSR count). The number of benzene rings is 2. The van der Waals surface area contributed by atoms with Gasteiger partial charge in [0, 0.05) is 18.7 Å². The van der Waals surface area contributed by atoms with Gasteiger partial charge < -0.3 is 5.32 Å². The zero-order chi connectivity index (χ0) is 21.0. The van der Waals surface area contributed by atoms with Gasteiger partial charge in [-0.3, -0.25) is 4.79 Å². The van der Waals surface area contributed by atoms with E-state index in [0.717, 1.165) is 30.4 Å². The first-order valence-electron chi connectivity index (χ1n) is 10.3.